The number of sulfone groups is 1. The Labute approximate surface area is 108 Å². The maximum Gasteiger partial charge on any atom is 0.154 e. The van der Waals surface area contributed by atoms with Gasteiger partial charge in [-0.25, -0.2) is 12.8 Å². The molecule has 1 N–H and O–H groups in total. The normalized spacial score (nSPS) is 14.5. The second-order valence-corrected chi connectivity index (χ2v) is 7.51. The Morgan fingerprint density at radius 1 is 1.28 bits per heavy atom. The molecule has 0 aliphatic carbocycles. The standard InChI is InChI=1S/C13H20FNO2S/c1-5-15-12(13(2,3)18(4,16)17)10-6-8-11(14)9-7-10/h6-9,12,15H,5H2,1-4H3. The molecule has 0 spiro atoms. The molecule has 102 valence electrons. The van der Waals surface area contributed by atoms with E-state index < -0.39 is 14.6 Å². The van der Waals surface area contributed by atoms with Crippen molar-refractivity contribution in [2.75, 3.05) is 12.8 Å². The van der Waals surface area contributed by atoms with E-state index in [2.05, 4.69) is 5.32 Å². The molecule has 18 heavy (non-hydrogen) atoms. The van der Waals surface area contributed by atoms with E-state index in [1.165, 1.54) is 18.4 Å². The van der Waals surface area contributed by atoms with Crippen LogP contribution >= 0.6 is 0 Å². The highest BCUT2D eigenvalue weighted by atomic mass is 32.2. The van der Waals surface area contributed by atoms with Crippen LogP contribution in [-0.4, -0.2) is 26.0 Å². The fourth-order valence-corrected chi connectivity index (χ4v) is 2.49. The van der Waals surface area contributed by atoms with Gasteiger partial charge in [0.05, 0.1) is 10.8 Å². The molecule has 3 nitrogen and oxygen atoms in total. The van der Waals surface area contributed by atoms with Gasteiger partial charge in [-0.3, -0.25) is 0 Å². The summed E-state index contributed by atoms with van der Waals surface area (Å²) in [6, 6.07) is 5.57. The molecule has 0 aromatic heterocycles. The van der Waals surface area contributed by atoms with Gasteiger partial charge in [-0.05, 0) is 38.1 Å². The van der Waals surface area contributed by atoms with Gasteiger partial charge in [-0.2, -0.15) is 0 Å². The van der Waals surface area contributed by atoms with Crippen LogP contribution in [0.4, 0.5) is 4.39 Å². The van der Waals surface area contributed by atoms with Crippen LogP contribution in [0, 0.1) is 5.82 Å². The predicted octanol–water partition coefficient (Wildman–Crippen LogP) is 2.30. The van der Waals surface area contributed by atoms with Crippen LogP contribution in [0.25, 0.3) is 0 Å². The van der Waals surface area contributed by atoms with E-state index in [0.717, 1.165) is 5.56 Å². The molecule has 0 radical (unpaired) electrons. The van der Waals surface area contributed by atoms with E-state index in [4.69, 9.17) is 0 Å². The molecule has 0 aliphatic rings. The van der Waals surface area contributed by atoms with E-state index >= 15 is 0 Å². The smallest absolute Gasteiger partial charge is 0.154 e. The third kappa shape index (κ3) is 3.09. The SMILES string of the molecule is CCNC(c1ccc(F)cc1)C(C)(C)S(C)(=O)=O. The first-order valence-electron chi connectivity index (χ1n) is 5.88. The number of halogens is 1. The lowest BCUT2D eigenvalue weighted by Gasteiger charge is -2.33. The third-order valence-corrected chi connectivity index (χ3v) is 5.41. The first-order valence-corrected chi connectivity index (χ1v) is 7.77. The van der Waals surface area contributed by atoms with Crippen molar-refractivity contribution in [3.63, 3.8) is 0 Å². The van der Waals surface area contributed by atoms with E-state index in [9.17, 15) is 12.8 Å². The molecule has 0 amide bonds. The van der Waals surface area contributed by atoms with Crippen molar-refractivity contribution in [3.05, 3.63) is 35.6 Å². The van der Waals surface area contributed by atoms with Crippen LogP contribution in [0.15, 0.2) is 24.3 Å². The summed E-state index contributed by atoms with van der Waals surface area (Å²) in [5.41, 5.74) is 0.772. The minimum Gasteiger partial charge on any atom is -0.309 e. The minimum atomic E-state index is -3.24. The fraction of sp³-hybridized carbons (Fsp3) is 0.538. The molecule has 1 aromatic rings. The minimum absolute atomic E-state index is 0.328. The van der Waals surface area contributed by atoms with Gasteiger partial charge in [-0.1, -0.05) is 19.1 Å². The largest absolute Gasteiger partial charge is 0.309 e. The monoisotopic (exact) mass is 273 g/mol. The van der Waals surface area contributed by atoms with Gasteiger partial charge < -0.3 is 5.32 Å². The van der Waals surface area contributed by atoms with Crippen molar-refractivity contribution < 1.29 is 12.8 Å². The molecule has 1 unspecified atom stereocenters. The maximum absolute atomic E-state index is 12.9. The van der Waals surface area contributed by atoms with Crippen LogP contribution in [0.5, 0.6) is 0 Å². The molecule has 0 saturated carbocycles. The molecule has 1 atom stereocenters. The van der Waals surface area contributed by atoms with Crippen LogP contribution in [0.2, 0.25) is 0 Å². The van der Waals surface area contributed by atoms with Gasteiger partial charge in [0, 0.05) is 6.26 Å². The Kier molecular flexibility index (Phi) is 4.50. The van der Waals surface area contributed by atoms with Gasteiger partial charge in [0.2, 0.25) is 0 Å². The van der Waals surface area contributed by atoms with Gasteiger partial charge in [0.15, 0.2) is 9.84 Å². The van der Waals surface area contributed by atoms with Crippen LogP contribution in [0.1, 0.15) is 32.4 Å². The quantitative estimate of drug-likeness (QED) is 0.895. The van der Waals surface area contributed by atoms with Crippen molar-refractivity contribution >= 4 is 9.84 Å². The van der Waals surface area contributed by atoms with Crippen LogP contribution in [-0.2, 0) is 9.84 Å². The lowest BCUT2D eigenvalue weighted by molar-refractivity contribution is 0.428. The van der Waals surface area contributed by atoms with Crippen molar-refractivity contribution in [3.8, 4) is 0 Å². The summed E-state index contributed by atoms with van der Waals surface area (Å²) in [5, 5.41) is 3.16. The van der Waals surface area contributed by atoms with E-state index in [1.807, 2.05) is 6.92 Å². The Morgan fingerprint density at radius 3 is 2.17 bits per heavy atom. The fourth-order valence-electron chi connectivity index (χ4n) is 1.84. The number of hydrogen-bond acceptors (Lipinski definition) is 3. The predicted molar refractivity (Wildman–Crippen MR) is 71.7 cm³/mol. The molecule has 0 aliphatic heterocycles. The summed E-state index contributed by atoms with van der Waals surface area (Å²) in [6.07, 6.45) is 1.22. The summed E-state index contributed by atoms with van der Waals surface area (Å²) in [4.78, 5) is 0. The topological polar surface area (TPSA) is 46.2 Å². The summed E-state index contributed by atoms with van der Waals surface area (Å²) < 4.78 is 35.8. The van der Waals surface area contributed by atoms with Crippen molar-refractivity contribution in [2.45, 2.75) is 31.6 Å². The highest BCUT2D eigenvalue weighted by Gasteiger charge is 2.39. The molecule has 5 heteroatoms. The van der Waals surface area contributed by atoms with Crippen molar-refractivity contribution in [2.24, 2.45) is 0 Å². The molecule has 0 heterocycles. The second kappa shape index (κ2) is 5.36. The average Bonchev–Trinajstić information content (AvgIpc) is 2.25. The summed E-state index contributed by atoms with van der Waals surface area (Å²) in [6.45, 7) is 5.91. The van der Waals surface area contributed by atoms with Crippen LogP contribution in [0.3, 0.4) is 0 Å². The maximum atomic E-state index is 12.9. The second-order valence-electron chi connectivity index (χ2n) is 4.92. The van der Waals surface area contributed by atoms with Gasteiger partial charge in [0.25, 0.3) is 0 Å². The van der Waals surface area contributed by atoms with E-state index in [-0.39, 0.29) is 11.9 Å². The lowest BCUT2D eigenvalue weighted by atomic mass is 9.95. The summed E-state index contributed by atoms with van der Waals surface area (Å²) in [5.74, 6) is -0.328. The molecule has 1 rings (SSSR count). The van der Waals surface area contributed by atoms with Gasteiger partial charge >= 0.3 is 0 Å². The Morgan fingerprint density at radius 2 is 1.78 bits per heavy atom. The molecule has 0 saturated heterocycles. The number of benzene rings is 1. The zero-order chi connectivity index (χ0) is 14.0. The van der Waals surface area contributed by atoms with Crippen molar-refractivity contribution in [1.82, 2.24) is 5.32 Å². The van der Waals surface area contributed by atoms with E-state index in [0.29, 0.717) is 6.54 Å². The lowest BCUT2D eigenvalue weighted by Crippen LogP contribution is -2.44. The molecular weight excluding hydrogens is 253 g/mol. The molecular formula is C13H20FNO2S. The number of nitrogens with one attached hydrogen (secondary N) is 1. The highest BCUT2D eigenvalue weighted by Crippen LogP contribution is 2.32. The summed E-state index contributed by atoms with van der Waals surface area (Å²) >= 11 is 0. The van der Waals surface area contributed by atoms with E-state index in [1.54, 1.807) is 26.0 Å². The Hall–Kier alpha value is -0.940. The molecule has 0 fully saturated rings. The first kappa shape index (κ1) is 15.1. The average molecular weight is 273 g/mol. The zero-order valence-electron chi connectivity index (χ0n) is 11.2. The molecule has 0 bridgehead atoms. The Balaban J connectivity index is 3.22. The number of rotatable bonds is 5. The highest BCUT2D eigenvalue weighted by molar-refractivity contribution is 7.92. The zero-order valence-corrected chi connectivity index (χ0v) is 12.0. The van der Waals surface area contributed by atoms with Gasteiger partial charge in [-0.15, -0.1) is 0 Å². The summed E-state index contributed by atoms with van der Waals surface area (Å²) in [7, 11) is -3.24. The third-order valence-electron chi connectivity index (χ3n) is 3.26. The number of hydrogen-bond donors (Lipinski definition) is 1. The first-order chi connectivity index (χ1) is 8.20. The molecule has 1 aromatic carbocycles. The van der Waals surface area contributed by atoms with Gasteiger partial charge in [0.1, 0.15) is 5.82 Å². The Bertz CT molecular complexity index is 494. The van der Waals surface area contributed by atoms with Crippen molar-refractivity contribution in [1.29, 1.82) is 0 Å². The van der Waals surface area contributed by atoms with Crippen LogP contribution < -0.4 is 5.32 Å².